The SMILES string of the molecule is [2H]c1ccc2c(N3C[C@@H]4C[C@H](N5CC(n6cc7c(n6)CN[C@H](C)C7)C5)CN4[C@H](C)C3)ccc(C#N)c2n1. The van der Waals surface area contributed by atoms with Crippen LogP contribution in [-0.2, 0) is 13.0 Å². The molecule has 0 spiro atoms. The molecule has 8 heteroatoms. The minimum absolute atomic E-state index is 0.201. The Kier molecular flexibility index (Phi) is 5.02. The zero-order valence-electron chi connectivity index (χ0n) is 22.1. The van der Waals surface area contributed by atoms with E-state index in [2.05, 4.69) is 61.9 Å². The summed E-state index contributed by atoms with van der Waals surface area (Å²) < 4.78 is 10.2. The molecular formula is C28H34N8. The van der Waals surface area contributed by atoms with Gasteiger partial charge in [-0.2, -0.15) is 10.4 Å². The van der Waals surface area contributed by atoms with Crippen LogP contribution in [0.25, 0.3) is 10.9 Å². The lowest BCUT2D eigenvalue weighted by molar-refractivity contribution is 0.0535. The second-order valence-corrected chi connectivity index (χ2v) is 11.2. The molecule has 8 nitrogen and oxygen atoms in total. The summed E-state index contributed by atoms with van der Waals surface area (Å²) in [6.07, 6.45) is 4.77. The van der Waals surface area contributed by atoms with Crippen molar-refractivity contribution in [3.05, 3.63) is 53.5 Å². The van der Waals surface area contributed by atoms with Crippen molar-refractivity contribution in [2.45, 2.75) is 63.4 Å². The van der Waals surface area contributed by atoms with Gasteiger partial charge in [-0.25, -0.2) is 0 Å². The number of nitrogens with zero attached hydrogens (tertiary/aromatic N) is 7. The maximum Gasteiger partial charge on any atom is 0.101 e. The topological polar surface area (TPSA) is 76.2 Å². The third-order valence-electron chi connectivity index (χ3n) is 8.89. The molecule has 3 aromatic rings. The number of fused-ring (bicyclic) bond motifs is 3. The zero-order valence-corrected chi connectivity index (χ0v) is 21.1. The molecule has 4 aliphatic rings. The highest BCUT2D eigenvalue weighted by Crippen LogP contribution is 2.37. The number of pyridine rings is 1. The molecule has 0 amide bonds. The van der Waals surface area contributed by atoms with Gasteiger partial charge in [-0.05, 0) is 56.5 Å². The quantitative estimate of drug-likeness (QED) is 0.614. The molecule has 3 fully saturated rings. The summed E-state index contributed by atoms with van der Waals surface area (Å²) >= 11 is 0. The number of anilines is 1. The molecule has 0 saturated carbocycles. The summed E-state index contributed by atoms with van der Waals surface area (Å²) in [4.78, 5) is 12.2. The molecule has 36 heavy (non-hydrogen) atoms. The Labute approximate surface area is 213 Å². The van der Waals surface area contributed by atoms with E-state index in [1.165, 1.54) is 17.7 Å². The predicted octanol–water partition coefficient (Wildman–Crippen LogP) is 2.55. The zero-order chi connectivity index (χ0) is 25.3. The number of nitrogens with one attached hydrogen (secondary N) is 1. The van der Waals surface area contributed by atoms with Crippen LogP contribution in [0.3, 0.4) is 0 Å². The second-order valence-electron chi connectivity index (χ2n) is 11.2. The Hall–Kier alpha value is -2.99. The Morgan fingerprint density at radius 2 is 1.97 bits per heavy atom. The van der Waals surface area contributed by atoms with Gasteiger partial charge in [0.1, 0.15) is 6.07 Å². The highest BCUT2D eigenvalue weighted by atomic mass is 15.4. The van der Waals surface area contributed by atoms with Gasteiger partial charge in [-0.3, -0.25) is 19.5 Å². The van der Waals surface area contributed by atoms with E-state index in [-0.39, 0.29) is 6.17 Å². The molecule has 2 aromatic heterocycles. The lowest BCUT2D eigenvalue weighted by Crippen LogP contribution is -2.56. The Balaban J connectivity index is 1.04. The van der Waals surface area contributed by atoms with Crippen molar-refractivity contribution in [2.75, 3.05) is 37.6 Å². The molecular weight excluding hydrogens is 448 g/mol. The van der Waals surface area contributed by atoms with Crippen LogP contribution in [0.4, 0.5) is 5.69 Å². The Morgan fingerprint density at radius 1 is 1.08 bits per heavy atom. The largest absolute Gasteiger partial charge is 0.368 e. The summed E-state index contributed by atoms with van der Waals surface area (Å²) in [6, 6.07) is 12.5. The molecule has 7 rings (SSSR count). The smallest absolute Gasteiger partial charge is 0.101 e. The number of benzene rings is 1. The number of aromatic nitrogens is 3. The van der Waals surface area contributed by atoms with Crippen LogP contribution in [-0.4, -0.2) is 81.5 Å². The van der Waals surface area contributed by atoms with Gasteiger partial charge in [-0.15, -0.1) is 0 Å². The molecule has 3 saturated heterocycles. The highest BCUT2D eigenvalue weighted by molar-refractivity contribution is 5.95. The summed E-state index contributed by atoms with van der Waals surface area (Å²) in [6.45, 7) is 10.7. The van der Waals surface area contributed by atoms with Crippen molar-refractivity contribution in [1.82, 2.24) is 29.9 Å². The molecule has 1 N–H and O–H groups in total. The van der Waals surface area contributed by atoms with E-state index in [4.69, 9.17) is 6.47 Å². The number of nitriles is 1. The van der Waals surface area contributed by atoms with Crippen molar-refractivity contribution in [3.63, 3.8) is 0 Å². The first-order valence-corrected chi connectivity index (χ1v) is 13.3. The normalized spacial score (nSPS) is 29.5. The van der Waals surface area contributed by atoms with Gasteiger partial charge in [-0.1, -0.05) is 0 Å². The fourth-order valence-electron chi connectivity index (χ4n) is 6.92. The van der Waals surface area contributed by atoms with Crippen molar-refractivity contribution >= 4 is 16.6 Å². The van der Waals surface area contributed by atoms with Gasteiger partial charge in [0, 0.05) is 86.9 Å². The molecule has 186 valence electrons. The second kappa shape index (κ2) is 8.55. The number of piperazine rings is 1. The van der Waals surface area contributed by atoms with Crippen molar-refractivity contribution < 1.29 is 1.37 Å². The predicted molar refractivity (Wildman–Crippen MR) is 140 cm³/mol. The number of hydrogen-bond donors (Lipinski definition) is 1. The van der Waals surface area contributed by atoms with E-state index in [0.717, 1.165) is 56.8 Å². The van der Waals surface area contributed by atoms with E-state index in [1.807, 2.05) is 12.1 Å². The minimum atomic E-state index is 0.201. The highest BCUT2D eigenvalue weighted by Gasteiger charge is 2.45. The molecule has 0 bridgehead atoms. The lowest BCUT2D eigenvalue weighted by atomic mass is 10.0. The summed E-state index contributed by atoms with van der Waals surface area (Å²) in [5.74, 6) is 0. The van der Waals surface area contributed by atoms with Gasteiger partial charge in [0.15, 0.2) is 0 Å². The van der Waals surface area contributed by atoms with E-state index < -0.39 is 0 Å². The fraction of sp³-hybridized carbons (Fsp3) is 0.536. The molecule has 0 radical (unpaired) electrons. The lowest BCUT2D eigenvalue weighted by Gasteiger charge is -2.44. The molecule has 0 unspecified atom stereocenters. The van der Waals surface area contributed by atoms with E-state index in [9.17, 15) is 5.26 Å². The van der Waals surface area contributed by atoms with Crippen molar-refractivity contribution in [1.29, 1.82) is 5.26 Å². The third-order valence-corrected chi connectivity index (χ3v) is 8.89. The monoisotopic (exact) mass is 483 g/mol. The van der Waals surface area contributed by atoms with Crippen LogP contribution in [0.15, 0.2) is 36.6 Å². The van der Waals surface area contributed by atoms with Crippen LogP contribution in [0.5, 0.6) is 0 Å². The van der Waals surface area contributed by atoms with Gasteiger partial charge in [0.2, 0.25) is 0 Å². The summed E-state index contributed by atoms with van der Waals surface area (Å²) in [7, 11) is 0. The Morgan fingerprint density at radius 3 is 2.83 bits per heavy atom. The number of rotatable bonds is 3. The molecule has 4 aliphatic heterocycles. The molecule has 1 aromatic carbocycles. The average Bonchev–Trinajstić information content (AvgIpc) is 3.46. The maximum atomic E-state index is 9.56. The average molecular weight is 484 g/mol. The number of hydrogen-bond acceptors (Lipinski definition) is 7. The van der Waals surface area contributed by atoms with Gasteiger partial charge in [0.05, 0.1) is 24.2 Å². The van der Waals surface area contributed by atoms with Gasteiger partial charge in [0.25, 0.3) is 0 Å². The standard InChI is InChI=1S/C28H34N8/c1-18-8-21-13-36(32-26(21)11-31-18)24-15-33(16-24)22-9-23-14-34(12-19(2)35(23)17-22)27-6-5-20(10-29)28-25(27)4-3-7-30-28/h3-7,13,18-19,22-24,31H,8-9,11-12,14-17H2,1-2H3/t18-,19-,22+,23+/m1/s1/i7D. The first-order valence-electron chi connectivity index (χ1n) is 13.8. The summed E-state index contributed by atoms with van der Waals surface area (Å²) in [5, 5.41) is 19.0. The first kappa shape index (κ1) is 21.1. The van der Waals surface area contributed by atoms with Crippen LogP contribution >= 0.6 is 0 Å². The maximum absolute atomic E-state index is 9.56. The number of likely N-dealkylation sites (tertiary alicyclic amines) is 1. The third kappa shape index (κ3) is 3.61. The van der Waals surface area contributed by atoms with E-state index >= 15 is 0 Å². The van der Waals surface area contributed by atoms with Gasteiger partial charge >= 0.3 is 0 Å². The molecule has 6 heterocycles. The van der Waals surface area contributed by atoms with E-state index in [0.29, 0.717) is 41.3 Å². The van der Waals surface area contributed by atoms with Crippen LogP contribution in [0.2, 0.25) is 0 Å². The fourth-order valence-corrected chi connectivity index (χ4v) is 6.92. The van der Waals surface area contributed by atoms with Crippen LogP contribution < -0.4 is 10.2 Å². The van der Waals surface area contributed by atoms with Gasteiger partial charge < -0.3 is 10.2 Å². The molecule has 0 aliphatic carbocycles. The van der Waals surface area contributed by atoms with Crippen LogP contribution in [0.1, 0.15) is 44.5 Å². The van der Waals surface area contributed by atoms with E-state index in [1.54, 1.807) is 6.07 Å². The van der Waals surface area contributed by atoms with Crippen molar-refractivity contribution in [2.24, 2.45) is 0 Å². The Bertz CT molecular complexity index is 1390. The summed E-state index contributed by atoms with van der Waals surface area (Å²) in [5.41, 5.74) is 4.96. The van der Waals surface area contributed by atoms with Crippen molar-refractivity contribution in [3.8, 4) is 6.07 Å². The van der Waals surface area contributed by atoms with Crippen LogP contribution in [0, 0.1) is 11.3 Å². The minimum Gasteiger partial charge on any atom is -0.368 e. The molecule has 4 atom stereocenters. The first-order chi connectivity index (χ1) is 18.0.